The van der Waals surface area contributed by atoms with Crippen molar-refractivity contribution in [2.24, 2.45) is 0 Å². The van der Waals surface area contributed by atoms with Gasteiger partial charge in [0.05, 0.1) is 5.75 Å². The van der Waals surface area contributed by atoms with Gasteiger partial charge in [0, 0.05) is 10.6 Å². The zero-order chi connectivity index (χ0) is 15.4. The predicted molar refractivity (Wildman–Crippen MR) is 76.8 cm³/mol. The van der Waals surface area contributed by atoms with Gasteiger partial charge >= 0.3 is 0 Å². The van der Waals surface area contributed by atoms with Crippen LogP contribution in [0.1, 0.15) is 5.56 Å². The molecule has 2 aromatic rings. The second kappa shape index (κ2) is 6.67. The average Bonchev–Trinajstić information content (AvgIpc) is 2.44. The van der Waals surface area contributed by atoms with Gasteiger partial charge in [-0.2, -0.15) is 0 Å². The molecule has 6 heteroatoms. The first-order valence-corrected chi connectivity index (χ1v) is 7.08. The monoisotopic (exact) mass is 311 g/mol. The number of nitrogens with one attached hydrogen (secondary N) is 1. The lowest BCUT2D eigenvalue weighted by Crippen LogP contribution is -2.15. The van der Waals surface area contributed by atoms with Gasteiger partial charge in [0.15, 0.2) is 11.6 Å². The van der Waals surface area contributed by atoms with Crippen LogP contribution < -0.4 is 5.32 Å². The third kappa shape index (κ3) is 4.26. The van der Waals surface area contributed by atoms with Crippen molar-refractivity contribution in [3.63, 3.8) is 0 Å². The van der Waals surface area contributed by atoms with Gasteiger partial charge in [0.2, 0.25) is 5.91 Å². The summed E-state index contributed by atoms with van der Waals surface area (Å²) in [6.07, 6.45) is 0. The SMILES string of the molecule is Cc1ccc(F)cc1NC(=O)CSc1ccc(F)c(F)c1. The maximum atomic E-state index is 13.1. The van der Waals surface area contributed by atoms with Gasteiger partial charge in [-0.15, -0.1) is 11.8 Å². The van der Waals surface area contributed by atoms with Gasteiger partial charge in [-0.25, -0.2) is 13.2 Å². The summed E-state index contributed by atoms with van der Waals surface area (Å²) in [6.45, 7) is 1.75. The molecule has 0 aliphatic heterocycles. The molecule has 0 saturated carbocycles. The fraction of sp³-hybridized carbons (Fsp3) is 0.133. The Kier molecular flexibility index (Phi) is 4.90. The molecule has 2 aromatic carbocycles. The Balaban J connectivity index is 1.95. The molecule has 0 unspecified atom stereocenters. The van der Waals surface area contributed by atoms with Crippen LogP contribution in [-0.2, 0) is 4.79 Å². The Bertz CT molecular complexity index is 676. The van der Waals surface area contributed by atoms with Crippen molar-refractivity contribution in [1.29, 1.82) is 0 Å². The second-order valence-electron chi connectivity index (χ2n) is 4.37. The van der Waals surface area contributed by atoms with E-state index in [1.54, 1.807) is 13.0 Å². The quantitative estimate of drug-likeness (QED) is 0.860. The van der Waals surface area contributed by atoms with E-state index in [2.05, 4.69) is 5.32 Å². The van der Waals surface area contributed by atoms with E-state index in [1.165, 1.54) is 18.2 Å². The lowest BCUT2D eigenvalue weighted by molar-refractivity contribution is -0.113. The molecule has 0 spiro atoms. The highest BCUT2D eigenvalue weighted by Gasteiger charge is 2.08. The molecule has 0 fully saturated rings. The zero-order valence-electron chi connectivity index (χ0n) is 11.1. The minimum absolute atomic E-state index is 0.0149. The summed E-state index contributed by atoms with van der Waals surface area (Å²) in [5.41, 5.74) is 1.13. The van der Waals surface area contributed by atoms with E-state index in [0.29, 0.717) is 10.6 Å². The number of benzene rings is 2. The van der Waals surface area contributed by atoms with Crippen LogP contribution in [0.5, 0.6) is 0 Å². The standard InChI is InChI=1S/C15H12F3NOS/c1-9-2-3-10(16)6-14(9)19-15(20)8-21-11-4-5-12(17)13(18)7-11/h2-7H,8H2,1H3,(H,19,20). The Morgan fingerprint density at radius 3 is 2.57 bits per heavy atom. The van der Waals surface area contributed by atoms with Crippen molar-refractivity contribution in [3.8, 4) is 0 Å². The number of thioether (sulfide) groups is 1. The van der Waals surface area contributed by atoms with Crippen LogP contribution in [0.15, 0.2) is 41.3 Å². The molecule has 0 aromatic heterocycles. The van der Waals surface area contributed by atoms with E-state index in [1.807, 2.05) is 0 Å². The Hall–Kier alpha value is -1.95. The number of amides is 1. The van der Waals surface area contributed by atoms with E-state index in [-0.39, 0.29) is 11.7 Å². The molecule has 0 aliphatic carbocycles. The first-order valence-electron chi connectivity index (χ1n) is 6.09. The Morgan fingerprint density at radius 2 is 1.86 bits per heavy atom. The zero-order valence-corrected chi connectivity index (χ0v) is 11.9. The lowest BCUT2D eigenvalue weighted by atomic mass is 10.2. The number of rotatable bonds is 4. The second-order valence-corrected chi connectivity index (χ2v) is 5.42. The maximum Gasteiger partial charge on any atom is 0.234 e. The number of hydrogen-bond acceptors (Lipinski definition) is 2. The number of halogens is 3. The fourth-order valence-corrected chi connectivity index (χ4v) is 2.35. The van der Waals surface area contributed by atoms with Crippen LogP contribution in [0, 0.1) is 24.4 Å². The maximum absolute atomic E-state index is 13.1. The highest BCUT2D eigenvalue weighted by atomic mass is 32.2. The number of carbonyl (C=O) groups is 1. The average molecular weight is 311 g/mol. The third-order valence-corrected chi connectivity index (χ3v) is 3.73. The summed E-state index contributed by atoms with van der Waals surface area (Å²) in [6, 6.07) is 7.53. The van der Waals surface area contributed by atoms with Gasteiger partial charge in [0.25, 0.3) is 0 Å². The third-order valence-electron chi connectivity index (χ3n) is 2.73. The van der Waals surface area contributed by atoms with Gasteiger partial charge in [0.1, 0.15) is 5.82 Å². The molecule has 110 valence electrons. The molecule has 0 aliphatic rings. The molecule has 1 N–H and O–H groups in total. The first kappa shape index (κ1) is 15.4. The lowest BCUT2D eigenvalue weighted by Gasteiger charge is -2.08. The van der Waals surface area contributed by atoms with E-state index < -0.39 is 17.5 Å². The van der Waals surface area contributed by atoms with E-state index in [0.717, 1.165) is 29.5 Å². The number of carbonyl (C=O) groups excluding carboxylic acids is 1. The van der Waals surface area contributed by atoms with Crippen molar-refractivity contribution in [2.45, 2.75) is 11.8 Å². The normalized spacial score (nSPS) is 10.5. The van der Waals surface area contributed by atoms with Gasteiger partial charge in [-0.05, 0) is 42.8 Å². The van der Waals surface area contributed by atoms with Crippen LogP contribution in [0.3, 0.4) is 0 Å². The topological polar surface area (TPSA) is 29.1 Å². The molecule has 1 amide bonds. The molecule has 0 bridgehead atoms. The smallest absolute Gasteiger partial charge is 0.234 e. The summed E-state index contributed by atoms with van der Waals surface area (Å²) in [4.78, 5) is 12.2. The van der Waals surface area contributed by atoms with Crippen LogP contribution in [0.25, 0.3) is 0 Å². The molecule has 0 atom stereocenters. The molecule has 0 heterocycles. The fourth-order valence-electron chi connectivity index (χ4n) is 1.63. The van der Waals surface area contributed by atoms with Gasteiger partial charge in [-0.1, -0.05) is 6.07 Å². The van der Waals surface area contributed by atoms with Gasteiger partial charge in [-0.3, -0.25) is 4.79 Å². The van der Waals surface area contributed by atoms with Crippen LogP contribution in [0.2, 0.25) is 0 Å². The van der Waals surface area contributed by atoms with E-state index in [9.17, 15) is 18.0 Å². The molecular weight excluding hydrogens is 299 g/mol. The molecule has 0 radical (unpaired) electrons. The van der Waals surface area contributed by atoms with E-state index in [4.69, 9.17) is 0 Å². The van der Waals surface area contributed by atoms with E-state index >= 15 is 0 Å². The Labute approximate surface area is 124 Å². The molecule has 21 heavy (non-hydrogen) atoms. The summed E-state index contributed by atoms with van der Waals surface area (Å²) >= 11 is 1.07. The van der Waals surface area contributed by atoms with Gasteiger partial charge < -0.3 is 5.32 Å². The summed E-state index contributed by atoms with van der Waals surface area (Å²) in [5.74, 6) is -2.66. The van der Waals surface area contributed by atoms with Crippen molar-refractivity contribution in [2.75, 3.05) is 11.1 Å². The number of anilines is 1. The van der Waals surface area contributed by atoms with Crippen LogP contribution in [-0.4, -0.2) is 11.7 Å². The van der Waals surface area contributed by atoms with Crippen molar-refractivity contribution < 1.29 is 18.0 Å². The Morgan fingerprint density at radius 1 is 1.10 bits per heavy atom. The first-order chi connectivity index (χ1) is 9.95. The molecule has 2 rings (SSSR count). The largest absolute Gasteiger partial charge is 0.325 e. The minimum atomic E-state index is -0.957. The van der Waals surface area contributed by atoms with Crippen molar-refractivity contribution >= 4 is 23.4 Å². The van der Waals surface area contributed by atoms with Crippen LogP contribution >= 0.6 is 11.8 Å². The van der Waals surface area contributed by atoms with Crippen molar-refractivity contribution in [3.05, 3.63) is 59.4 Å². The highest BCUT2D eigenvalue weighted by molar-refractivity contribution is 8.00. The van der Waals surface area contributed by atoms with Crippen LogP contribution in [0.4, 0.5) is 18.9 Å². The molecule has 2 nitrogen and oxygen atoms in total. The summed E-state index contributed by atoms with van der Waals surface area (Å²) in [7, 11) is 0. The summed E-state index contributed by atoms with van der Waals surface area (Å²) < 4.78 is 38.9. The predicted octanol–water partition coefficient (Wildman–Crippen LogP) is 4.14. The molecular formula is C15H12F3NOS. The van der Waals surface area contributed by atoms with Crippen molar-refractivity contribution in [1.82, 2.24) is 0 Å². The molecule has 0 saturated heterocycles. The number of aryl methyl sites for hydroxylation is 1. The number of hydrogen-bond donors (Lipinski definition) is 1. The minimum Gasteiger partial charge on any atom is -0.325 e. The highest BCUT2D eigenvalue weighted by Crippen LogP contribution is 2.21. The summed E-state index contributed by atoms with van der Waals surface area (Å²) in [5, 5.41) is 2.58.